The Hall–Kier alpha value is -0.150. The van der Waals surface area contributed by atoms with Crippen molar-refractivity contribution >= 4 is 0 Å². The van der Waals surface area contributed by atoms with Gasteiger partial charge in [0.15, 0.2) is 6.30 Å². The van der Waals surface area contributed by atoms with Crippen molar-refractivity contribution in [2.75, 3.05) is 34.7 Å². The highest BCUT2D eigenvalue weighted by Gasteiger charge is 2.08. The van der Waals surface area contributed by atoms with Gasteiger partial charge in [-0.1, -0.05) is 0 Å². The molecule has 9 heavy (non-hydrogen) atoms. The Bertz CT molecular complexity index is 73.5. The number of nitrogens with zero attached hydrogens (tertiary/aromatic N) is 2. The average Bonchev–Trinajstić information content (AvgIpc) is 1.63. The van der Waals surface area contributed by atoms with Crippen molar-refractivity contribution in [1.29, 1.82) is 0 Å². The maximum absolute atomic E-state index is 12.7. The molecule has 0 N–H and O–H groups in total. The molecule has 0 aliphatic heterocycles. The van der Waals surface area contributed by atoms with E-state index in [1.165, 1.54) is 0 Å². The third-order valence-electron chi connectivity index (χ3n) is 1.08. The first kappa shape index (κ1) is 8.85. The van der Waals surface area contributed by atoms with Crippen LogP contribution in [0.2, 0.25) is 0 Å². The van der Waals surface area contributed by atoms with E-state index in [2.05, 4.69) is 0 Å². The summed E-state index contributed by atoms with van der Waals surface area (Å²) in [5, 5.41) is 0. The van der Waals surface area contributed by atoms with Crippen molar-refractivity contribution in [3.8, 4) is 0 Å². The summed E-state index contributed by atoms with van der Waals surface area (Å²) in [5.41, 5.74) is 0. The molecule has 0 aromatic rings. The van der Waals surface area contributed by atoms with Crippen molar-refractivity contribution in [3.63, 3.8) is 0 Å². The summed E-state index contributed by atoms with van der Waals surface area (Å²) in [7, 11) is 7.18. The Morgan fingerprint density at radius 2 is 1.67 bits per heavy atom. The molecule has 0 aromatic carbocycles. The zero-order valence-electron chi connectivity index (χ0n) is 6.56. The summed E-state index contributed by atoms with van der Waals surface area (Å²) >= 11 is 0. The van der Waals surface area contributed by atoms with E-state index in [-0.39, 0.29) is 0 Å². The van der Waals surface area contributed by atoms with Gasteiger partial charge in [0.05, 0.1) is 0 Å². The molecule has 0 heterocycles. The van der Waals surface area contributed by atoms with Crippen LogP contribution in [0.1, 0.15) is 0 Å². The lowest BCUT2D eigenvalue weighted by Gasteiger charge is -2.19. The van der Waals surface area contributed by atoms with Crippen LogP contribution in [0, 0.1) is 0 Å². The zero-order valence-corrected chi connectivity index (χ0v) is 6.56. The molecule has 0 rings (SSSR count). The first-order chi connectivity index (χ1) is 4.04. The molecule has 1 atom stereocenters. The highest BCUT2D eigenvalue weighted by atomic mass is 19.1. The zero-order chi connectivity index (χ0) is 7.44. The van der Waals surface area contributed by atoms with Crippen molar-refractivity contribution in [2.24, 2.45) is 0 Å². The van der Waals surface area contributed by atoms with E-state index >= 15 is 0 Å². The van der Waals surface area contributed by atoms with E-state index in [1.807, 2.05) is 19.0 Å². The summed E-state index contributed by atoms with van der Waals surface area (Å²) in [5.74, 6) is 0. The lowest BCUT2D eigenvalue weighted by atomic mass is 10.5. The quantitative estimate of drug-likeness (QED) is 0.516. The minimum atomic E-state index is -0.847. The number of hydrogen-bond donors (Lipinski definition) is 0. The lowest BCUT2D eigenvalue weighted by molar-refractivity contribution is 0.104. The molecule has 0 aliphatic carbocycles. The minimum absolute atomic E-state index is 0.465. The van der Waals surface area contributed by atoms with Crippen molar-refractivity contribution in [1.82, 2.24) is 9.80 Å². The van der Waals surface area contributed by atoms with Gasteiger partial charge in [0, 0.05) is 6.54 Å². The number of alkyl halides is 1. The van der Waals surface area contributed by atoms with Crippen LogP contribution in [0.5, 0.6) is 0 Å². The molecule has 0 aliphatic rings. The van der Waals surface area contributed by atoms with Gasteiger partial charge < -0.3 is 4.90 Å². The first-order valence-electron chi connectivity index (χ1n) is 2.99. The molecule has 3 heteroatoms. The minimum Gasteiger partial charge on any atom is -0.305 e. The Kier molecular flexibility index (Phi) is 3.73. The lowest BCUT2D eigenvalue weighted by Crippen LogP contribution is -2.33. The number of hydrogen-bond acceptors (Lipinski definition) is 2. The molecular weight excluding hydrogens is 119 g/mol. The highest BCUT2D eigenvalue weighted by molar-refractivity contribution is 4.54. The van der Waals surface area contributed by atoms with E-state index in [1.54, 1.807) is 19.0 Å². The van der Waals surface area contributed by atoms with Gasteiger partial charge >= 0.3 is 0 Å². The van der Waals surface area contributed by atoms with Crippen LogP contribution in [-0.4, -0.2) is 50.8 Å². The fourth-order valence-corrected chi connectivity index (χ4v) is 0.465. The summed E-state index contributed by atoms with van der Waals surface area (Å²) in [6, 6.07) is 0. The van der Waals surface area contributed by atoms with Gasteiger partial charge in [-0.3, -0.25) is 4.90 Å². The fraction of sp³-hybridized carbons (Fsp3) is 1.00. The predicted molar refractivity (Wildman–Crippen MR) is 37.1 cm³/mol. The van der Waals surface area contributed by atoms with Gasteiger partial charge in [-0.05, 0) is 28.2 Å². The van der Waals surface area contributed by atoms with Gasteiger partial charge in [0.1, 0.15) is 0 Å². The highest BCUT2D eigenvalue weighted by Crippen LogP contribution is 1.94. The summed E-state index contributed by atoms with van der Waals surface area (Å²) in [4.78, 5) is 3.38. The molecule has 0 fully saturated rings. The molecule has 0 amide bonds. The Morgan fingerprint density at radius 3 is 1.78 bits per heavy atom. The molecule has 0 spiro atoms. The molecule has 0 saturated heterocycles. The maximum atomic E-state index is 12.7. The maximum Gasteiger partial charge on any atom is 0.165 e. The number of halogens is 1. The van der Waals surface area contributed by atoms with Gasteiger partial charge in [0.2, 0.25) is 0 Å². The largest absolute Gasteiger partial charge is 0.305 e. The van der Waals surface area contributed by atoms with E-state index in [9.17, 15) is 4.39 Å². The summed E-state index contributed by atoms with van der Waals surface area (Å²) in [6.07, 6.45) is -0.847. The van der Waals surface area contributed by atoms with Gasteiger partial charge in [-0.15, -0.1) is 0 Å². The fourth-order valence-electron chi connectivity index (χ4n) is 0.465. The average molecular weight is 134 g/mol. The van der Waals surface area contributed by atoms with Gasteiger partial charge in [-0.2, -0.15) is 0 Å². The smallest absolute Gasteiger partial charge is 0.165 e. The molecule has 0 bridgehead atoms. The molecular formula is C6H15FN2. The van der Waals surface area contributed by atoms with Crippen LogP contribution in [-0.2, 0) is 0 Å². The molecule has 0 radical (unpaired) electrons. The molecule has 0 saturated carbocycles. The van der Waals surface area contributed by atoms with Crippen molar-refractivity contribution in [2.45, 2.75) is 6.30 Å². The van der Waals surface area contributed by atoms with Crippen LogP contribution in [0.15, 0.2) is 0 Å². The first-order valence-corrected chi connectivity index (χ1v) is 2.99. The third-order valence-corrected chi connectivity index (χ3v) is 1.08. The molecule has 56 valence electrons. The predicted octanol–water partition coefficient (Wildman–Crippen LogP) is 0.405. The van der Waals surface area contributed by atoms with E-state index < -0.39 is 6.30 Å². The summed E-state index contributed by atoms with van der Waals surface area (Å²) < 4.78 is 12.7. The number of rotatable bonds is 3. The Balaban J connectivity index is 3.38. The van der Waals surface area contributed by atoms with Crippen molar-refractivity contribution < 1.29 is 4.39 Å². The number of likely N-dealkylation sites (N-methyl/N-ethyl adjacent to an activating group) is 2. The SMILES string of the molecule is CN(C)CC(F)N(C)C. The van der Waals surface area contributed by atoms with Gasteiger partial charge in [0.25, 0.3) is 0 Å². The van der Waals surface area contributed by atoms with E-state index in [4.69, 9.17) is 0 Å². The monoisotopic (exact) mass is 134 g/mol. The molecule has 1 unspecified atom stereocenters. The van der Waals surface area contributed by atoms with Crippen LogP contribution < -0.4 is 0 Å². The van der Waals surface area contributed by atoms with Crippen LogP contribution in [0.25, 0.3) is 0 Å². The van der Waals surface area contributed by atoms with E-state index in [0.29, 0.717) is 6.54 Å². The van der Waals surface area contributed by atoms with Crippen molar-refractivity contribution in [3.05, 3.63) is 0 Å². The Morgan fingerprint density at radius 1 is 1.22 bits per heavy atom. The third kappa shape index (κ3) is 4.36. The second kappa shape index (κ2) is 3.80. The second-order valence-electron chi connectivity index (χ2n) is 2.66. The second-order valence-corrected chi connectivity index (χ2v) is 2.66. The van der Waals surface area contributed by atoms with Gasteiger partial charge in [-0.25, -0.2) is 4.39 Å². The Labute approximate surface area is 56.2 Å². The van der Waals surface area contributed by atoms with E-state index in [0.717, 1.165) is 0 Å². The van der Waals surface area contributed by atoms with Crippen LogP contribution in [0.4, 0.5) is 4.39 Å². The molecule has 2 nitrogen and oxygen atoms in total. The van der Waals surface area contributed by atoms with Crippen LogP contribution >= 0.6 is 0 Å². The topological polar surface area (TPSA) is 6.48 Å². The normalized spacial score (nSPS) is 15.0. The van der Waals surface area contributed by atoms with Crippen LogP contribution in [0.3, 0.4) is 0 Å². The summed E-state index contributed by atoms with van der Waals surface area (Å²) in [6.45, 7) is 0.465. The molecule has 0 aromatic heterocycles. The standard InChI is InChI=1S/C6H15FN2/c1-8(2)5-6(7)9(3)4/h6H,5H2,1-4H3.